The molecule has 0 aromatic carbocycles. The number of nitrogens with zero attached hydrogens (tertiary/aromatic N) is 3. The van der Waals surface area contributed by atoms with Gasteiger partial charge >= 0.3 is 0 Å². The van der Waals surface area contributed by atoms with Crippen molar-refractivity contribution in [3.8, 4) is 11.3 Å². The first-order valence-electron chi connectivity index (χ1n) is 4.88. The number of rotatable bonds is 3. The summed E-state index contributed by atoms with van der Waals surface area (Å²) in [5.74, 6) is 0.492. The van der Waals surface area contributed by atoms with E-state index in [0.29, 0.717) is 5.88 Å². The van der Waals surface area contributed by atoms with Gasteiger partial charge in [0, 0.05) is 24.5 Å². The maximum absolute atomic E-state index is 5.84. The molecule has 4 heteroatoms. The van der Waals surface area contributed by atoms with Crippen LogP contribution < -0.4 is 0 Å². The van der Waals surface area contributed by atoms with Gasteiger partial charge in [0.15, 0.2) is 0 Å². The molecule has 0 aliphatic carbocycles. The van der Waals surface area contributed by atoms with Gasteiger partial charge < -0.3 is 0 Å². The third kappa shape index (κ3) is 2.02. The summed E-state index contributed by atoms with van der Waals surface area (Å²) in [6.07, 6.45) is 3.53. The first kappa shape index (κ1) is 10.2. The van der Waals surface area contributed by atoms with E-state index in [1.807, 2.05) is 22.9 Å². The highest BCUT2D eigenvalue weighted by atomic mass is 35.5. The Labute approximate surface area is 93.7 Å². The fourth-order valence-electron chi connectivity index (χ4n) is 1.50. The Hall–Kier alpha value is -1.35. The van der Waals surface area contributed by atoms with Gasteiger partial charge in [-0.05, 0) is 25.1 Å². The maximum atomic E-state index is 5.84. The van der Waals surface area contributed by atoms with E-state index in [-0.39, 0.29) is 0 Å². The average molecular weight is 222 g/mol. The Morgan fingerprint density at radius 1 is 1.33 bits per heavy atom. The summed E-state index contributed by atoms with van der Waals surface area (Å²) in [7, 11) is 0. The monoisotopic (exact) mass is 221 g/mol. The van der Waals surface area contributed by atoms with E-state index in [1.54, 1.807) is 12.4 Å². The fourth-order valence-corrected chi connectivity index (χ4v) is 1.72. The summed E-state index contributed by atoms with van der Waals surface area (Å²) in [5, 5.41) is 4.47. The smallest absolute Gasteiger partial charge is 0.0927 e. The van der Waals surface area contributed by atoms with Crippen LogP contribution in [0.3, 0.4) is 0 Å². The summed E-state index contributed by atoms with van der Waals surface area (Å²) < 4.78 is 1.92. The lowest BCUT2D eigenvalue weighted by Gasteiger charge is -1.98. The zero-order valence-electron chi connectivity index (χ0n) is 8.52. The molecule has 78 valence electrons. The molecule has 0 spiro atoms. The van der Waals surface area contributed by atoms with Gasteiger partial charge in [0.05, 0.1) is 17.3 Å². The number of alkyl halides is 1. The van der Waals surface area contributed by atoms with Gasteiger partial charge in [-0.1, -0.05) is 0 Å². The van der Waals surface area contributed by atoms with Crippen LogP contribution in [-0.2, 0) is 12.4 Å². The molecule has 0 N–H and O–H groups in total. The van der Waals surface area contributed by atoms with Crippen molar-refractivity contribution in [2.45, 2.75) is 19.3 Å². The van der Waals surface area contributed by atoms with Crippen molar-refractivity contribution in [3.05, 3.63) is 36.3 Å². The van der Waals surface area contributed by atoms with Gasteiger partial charge in [-0.3, -0.25) is 9.67 Å². The third-order valence-electron chi connectivity index (χ3n) is 2.28. The molecule has 2 rings (SSSR count). The minimum Gasteiger partial charge on any atom is -0.268 e. The molecule has 2 heterocycles. The van der Waals surface area contributed by atoms with Crippen molar-refractivity contribution in [1.82, 2.24) is 14.8 Å². The number of hydrogen-bond acceptors (Lipinski definition) is 2. The minimum absolute atomic E-state index is 0.492. The second-order valence-corrected chi connectivity index (χ2v) is 3.47. The van der Waals surface area contributed by atoms with Crippen molar-refractivity contribution < 1.29 is 0 Å². The van der Waals surface area contributed by atoms with Crippen LogP contribution in [0.4, 0.5) is 0 Å². The van der Waals surface area contributed by atoms with Gasteiger partial charge in [-0.15, -0.1) is 11.6 Å². The molecule has 2 aromatic rings. The van der Waals surface area contributed by atoms with E-state index >= 15 is 0 Å². The molecule has 3 nitrogen and oxygen atoms in total. The zero-order chi connectivity index (χ0) is 10.7. The lowest BCUT2D eigenvalue weighted by molar-refractivity contribution is 0.638. The molecule has 0 aliphatic rings. The summed E-state index contributed by atoms with van der Waals surface area (Å²) in [6, 6.07) is 5.91. The highest BCUT2D eigenvalue weighted by Gasteiger charge is 2.06. The molecule has 0 fully saturated rings. The summed E-state index contributed by atoms with van der Waals surface area (Å²) in [4.78, 5) is 3.98. The van der Waals surface area contributed by atoms with E-state index in [1.165, 1.54) is 0 Å². The molecule has 2 aromatic heterocycles. The fraction of sp³-hybridized carbons (Fsp3) is 0.273. The molecular weight excluding hydrogens is 210 g/mol. The Morgan fingerprint density at radius 3 is 2.60 bits per heavy atom. The first-order valence-corrected chi connectivity index (χ1v) is 5.41. The van der Waals surface area contributed by atoms with Crippen LogP contribution in [0.1, 0.15) is 12.6 Å². The van der Waals surface area contributed by atoms with Crippen LogP contribution >= 0.6 is 11.6 Å². The average Bonchev–Trinajstić information content (AvgIpc) is 2.73. The lowest BCUT2D eigenvalue weighted by Crippen LogP contribution is -2.00. The summed E-state index contributed by atoms with van der Waals surface area (Å²) in [6.45, 7) is 2.90. The van der Waals surface area contributed by atoms with Crippen molar-refractivity contribution in [3.63, 3.8) is 0 Å². The molecule has 0 saturated carbocycles. The molecule has 0 saturated heterocycles. The first-order chi connectivity index (χ1) is 7.35. The molecular formula is C11H12ClN3. The predicted molar refractivity (Wildman–Crippen MR) is 60.7 cm³/mol. The molecule has 0 aliphatic heterocycles. The van der Waals surface area contributed by atoms with Crippen LogP contribution in [0.5, 0.6) is 0 Å². The summed E-state index contributed by atoms with van der Waals surface area (Å²) >= 11 is 5.84. The van der Waals surface area contributed by atoms with Crippen LogP contribution in [-0.4, -0.2) is 14.8 Å². The van der Waals surface area contributed by atoms with Crippen LogP contribution in [0, 0.1) is 0 Å². The van der Waals surface area contributed by atoms with Gasteiger partial charge in [-0.2, -0.15) is 5.10 Å². The van der Waals surface area contributed by atoms with E-state index in [2.05, 4.69) is 17.0 Å². The number of pyridine rings is 1. The summed E-state index contributed by atoms with van der Waals surface area (Å²) in [5.41, 5.74) is 3.07. The number of halogens is 1. The van der Waals surface area contributed by atoms with E-state index in [9.17, 15) is 0 Å². The Morgan fingerprint density at radius 2 is 2.07 bits per heavy atom. The second-order valence-electron chi connectivity index (χ2n) is 3.21. The molecule has 0 bridgehead atoms. The van der Waals surface area contributed by atoms with E-state index < -0.39 is 0 Å². The number of aromatic nitrogens is 3. The number of hydrogen-bond donors (Lipinski definition) is 0. The Balaban J connectivity index is 2.42. The highest BCUT2D eigenvalue weighted by molar-refractivity contribution is 6.16. The van der Waals surface area contributed by atoms with Crippen LogP contribution in [0.25, 0.3) is 11.3 Å². The van der Waals surface area contributed by atoms with Gasteiger partial charge in [-0.25, -0.2) is 0 Å². The van der Waals surface area contributed by atoms with E-state index in [0.717, 1.165) is 23.5 Å². The van der Waals surface area contributed by atoms with Gasteiger partial charge in [0.25, 0.3) is 0 Å². The van der Waals surface area contributed by atoms with Gasteiger partial charge in [0.2, 0.25) is 0 Å². The molecule has 0 atom stereocenters. The SMILES string of the molecule is CCn1nc(-c2ccncc2)cc1CCl. The zero-order valence-corrected chi connectivity index (χ0v) is 9.28. The quantitative estimate of drug-likeness (QED) is 0.747. The highest BCUT2D eigenvalue weighted by Crippen LogP contribution is 2.19. The van der Waals surface area contributed by atoms with Crippen LogP contribution in [0.15, 0.2) is 30.6 Å². The molecule has 15 heavy (non-hydrogen) atoms. The molecule has 0 amide bonds. The van der Waals surface area contributed by atoms with Crippen LogP contribution in [0.2, 0.25) is 0 Å². The Bertz CT molecular complexity index is 415. The Kier molecular flexibility index (Phi) is 3.02. The lowest BCUT2D eigenvalue weighted by atomic mass is 10.2. The normalized spacial score (nSPS) is 10.5. The topological polar surface area (TPSA) is 30.7 Å². The van der Waals surface area contributed by atoms with Crippen molar-refractivity contribution in [2.24, 2.45) is 0 Å². The standard InChI is InChI=1S/C11H12ClN3/c1-2-15-10(8-12)7-11(14-15)9-3-5-13-6-4-9/h3-7H,2,8H2,1H3. The third-order valence-corrected chi connectivity index (χ3v) is 2.55. The van der Waals surface area contributed by atoms with Crippen molar-refractivity contribution in [1.29, 1.82) is 0 Å². The van der Waals surface area contributed by atoms with Gasteiger partial charge in [0.1, 0.15) is 0 Å². The molecule has 0 radical (unpaired) electrons. The molecule has 0 unspecified atom stereocenters. The predicted octanol–water partition coefficient (Wildman–Crippen LogP) is 2.70. The second kappa shape index (κ2) is 4.45. The maximum Gasteiger partial charge on any atom is 0.0927 e. The number of aryl methyl sites for hydroxylation is 1. The van der Waals surface area contributed by atoms with Crippen molar-refractivity contribution in [2.75, 3.05) is 0 Å². The largest absolute Gasteiger partial charge is 0.268 e. The van der Waals surface area contributed by atoms with E-state index in [4.69, 9.17) is 11.6 Å². The minimum atomic E-state index is 0.492. The van der Waals surface area contributed by atoms with Crippen molar-refractivity contribution >= 4 is 11.6 Å².